The molecule has 5 rings (SSSR count). The highest BCUT2D eigenvalue weighted by Crippen LogP contribution is 2.34. The molecule has 1 fully saturated rings. The van der Waals surface area contributed by atoms with Crippen molar-refractivity contribution >= 4 is 40.2 Å². The lowest BCUT2D eigenvalue weighted by Gasteiger charge is -2.34. The summed E-state index contributed by atoms with van der Waals surface area (Å²) in [5.41, 5.74) is -0.211. The van der Waals surface area contributed by atoms with Crippen molar-refractivity contribution in [1.82, 2.24) is 15.5 Å². The summed E-state index contributed by atoms with van der Waals surface area (Å²) in [6, 6.07) is 19.5. The van der Waals surface area contributed by atoms with E-state index in [9.17, 15) is 19.2 Å². The Labute approximate surface area is 201 Å². The molecule has 1 saturated heterocycles. The second-order valence-corrected chi connectivity index (χ2v) is 8.70. The monoisotopic (exact) mass is 472 g/mol. The number of amides is 5. The number of hydrogen-bond donors (Lipinski definition) is 2. The van der Waals surface area contributed by atoms with E-state index in [-0.39, 0.29) is 12.5 Å². The highest BCUT2D eigenvalue weighted by molar-refractivity contribution is 6.11. The van der Waals surface area contributed by atoms with Gasteiger partial charge in [-0.25, -0.2) is 4.79 Å². The topological polar surface area (TPSA) is 108 Å². The molecule has 0 aromatic heterocycles. The van der Waals surface area contributed by atoms with Crippen LogP contribution in [0.3, 0.4) is 0 Å². The molecule has 35 heavy (non-hydrogen) atoms. The summed E-state index contributed by atoms with van der Waals surface area (Å²) in [6.07, 6.45) is -0.912. The van der Waals surface area contributed by atoms with Gasteiger partial charge >= 0.3 is 6.03 Å². The van der Waals surface area contributed by atoms with Crippen LogP contribution in [0.5, 0.6) is 5.75 Å². The molecule has 178 valence electrons. The molecule has 5 amide bonds. The number of ether oxygens (including phenoxy) is 1. The first kappa shape index (κ1) is 22.4. The predicted octanol–water partition coefficient (Wildman–Crippen LogP) is 2.15. The summed E-state index contributed by atoms with van der Waals surface area (Å²) < 4.78 is 5.74. The van der Waals surface area contributed by atoms with Crippen molar-refractivity contribution in [2.24, 2.45) is 0 Å². The van der Waals surface area contributed by atoms with Gasteiger partial charge in [0.2, 0.25) is 5.91 Å². The number of nitrogens with one attached hydrogen (secondary N) is 2. The Morgan fingerprint density at radius 3 is 2.54 bits per heavy atom. The van der Waals surface area contributed by atoms with Crippen molar-refractivity contribution in [1.29, 1.82) is 0 Å². The molecule has 0 saturated carbocycles. The van der Waals surface area contributed by atoms with Crippen molar-refractivity contribution in [3.05, 3.63) is 72.3 Å². The molecule has 2 atom stereocenters. The highest BCUT2D eigenvalue weighted by Gasteiger charge is 2.50. The van der Waals surface area contributed by atoms with Crippen LogP contribution < -0.4 is 20.3 Å². The van der Waals surface area contributed by atoms with Gasteiger partial charge < -0.3 is 20.3 Å². The largest absolute Gasteiger partial charge is 0.477 e. The zero-order valence-electron chi connectivity index (χ0n) is 19.3. The predicted molar refractivity (Wildman–Crippen MR) is 129 cm³/mol. The highest BCUT2D eigenvalue weighted by atomic mass is 16.5. The molecule has 0 unspecified atom stereocenters. The second-order valence-electron chi connectivity index (χ2n) is 8.70. The van der Waals surface area contributed by atoms with Gasteiger partial charge in [-0.2, -0.15) is 0 Å². The molecule has 3 aromatic carbocycles. The van der Waals surface area contributed by atoms with Gasteiger partial charge in [0.1, 0.15) is 17.8 Å². The van der Waals surface area contributed by atoms with E-state index >= 15 is 0 Å². The number of hydrogen-bond acceptors (Lipinski definition) is 5. The first-order chi connectivity index (χ1) is 16.8. The van der Waals surface area contributed by atoms with Gasteiger partial charge in [0, 0.05) is 7.05 Å². The summed E-state index contributed by atoms with van der Waals surface area (Å²) in [4.78, 5) is 54.2. The quantitative estimate of drug-likeness (QED) is 0.566. The number of fused-ring (bicyclic) bond motifs is 2. The maximum absolute atomic E-state index is 13.4. The molecule has 9 heteroatoms. The number of imide groups is 1. The molecule has 0 bridgehead atoms. The number of urea groups is 1. The van der Waals surface area contributed by atoms with Crippen molar-refractivity contribution < 1.29 is 23.9 Å². The van der Waals surface area contributed by atoms with Gasteiger partial charge in [-0.05, 0) is 41.5 Å². The van der Waals surface area contributed by atoms with Crippen LogP contribution in [0, 0.1) is 0 Å². The fourth-order valence-corrected chi connectivity index (χ4v) is 4.53. The minimum Gasteiger partial charge on any atom is -0.477 e. The maximum Gasteiger partial charge on any atom is 0.325 e. The number of benzene rings is 3. The average Bonchev–Trinajstić information content (AvgIpc) is 3.10. The Kier molecular flexibility index (Phi) is 5.39. The second kappa shape index (κ2) is 8.43. The number of likely N-dealkylation sites (N-methyl/N-ethyl adjacent to an activating group) is 1. The smallest absolute Gasteiger partial charge is 0.325 e. The van der Waals surface area contributed by atoms with Gasteiger partial charge in [-0.1, -0.05) is 48.5 Å². The Hall–Kier alpha value is -4.40. The molecular formula is C26H24N4O5. The van der Waals surface area contributed by atoms with Crippen molar-refractivity contribution in [2.75, 3.05) is 25.0 Å². The molecule has 3 aromatic rings. The van der Waals surface area contributed by atoms with Crippen LogP contribution in [0.25, 0.3) is 10.8 Å². The van der Waals surface area contributed by atoms with Gasteiger partial charge in [0.25, 0.3) is 11.8 Å². The summed E-state index contributed by atoms with van der Waals surface area (Å²) in [6.45, 7) is 1.12. The lowest BCUT2D eigenvalue weighted by Crippen LogP contribution is -2.52. The van der Waals surface area contributed by atoms with Crippen LogP contribution in [0.4, 0.5) is 10.5 Å². The molecule has 2 aliphatic heterocycles. The third kappa shape index (κ3) is 3.74. The zero-order chi connectivity index (χ0) is 24.7. The van der Waals surface area contributed by atoms with Crippen LogP contribution >= 0.6 is 0 Å². The number of rotatable bonds is 4. The van der Waals surface area contributed by atoms with Crippen LogP contribution in [0.1, 0.15) is 12.5 Å². The SMILES string of the molecule is CNC(=O)[C@@H]1CN(C(=O)CN2C(=O)N[C@@](C)(c3ccc4ccccc4c3)C2=O)c2ccccc2O1. The van der Waals surface area contributed by atoms with Crippen LogP contribution in [-0.4, -0.2) is 54.9 Å². The molecule has 9 nitrogen and oxygen atoms in total. The third-order valence-electron chi connectivity index (χ3n) is 6.51. The number of nitrogens with zero attached hydrogens (tertiary/aromatic N) is 2. The number of para-hydroxylation sites is 2. The van der Waals surface area contributed by atoms with Gasteiger partial charge in [-0.15, -0.1) is 0 Å². The lowest BCUT2D eigenvalue weighted by molar-refractivity contribution is -0.134. The standard InChI is InChI=1S/C26H24N4O5/c1-26(18-12-11-16-7-3-4-8-17(16)13-18)24(33)30(25(34)28-26)15-22(31)29-14-21(23(32)27-2)35-20-10-6-5-9-19(20)29/h3-13,21H,14-15H2,1-2H3,(H,27,32)(H,28,34)/t21-,26-/m0/s1. The molecule has 2 heterocycles. The fraction of sp³-hybridized carbons (Fsp3) is 0.231. The first-order valence-corrected chi connectivity index (χ1v) is 11.2. The Bertz CT molecular complexity index is 1370. The van der Waals surface area contributed by atoms with E-state index in [4.69, 9.17) is 4.74 Å². The van der Waals surface area contributed by atoms with Gasteiger partial charge in [0.15, 0.2) is 6.10 Å². The number of anilines is 1. The molecule has 0 aliphatic carbocycles. The van der Waals surface area contributed by atoms with E-state index in [2.05, 4.69) is 10.6 Å². The molecule has 2 aliphatic rings. The molecular weight excluding hydrogens is 448 g/mol. The van der Waals surface area contributed by atoms with E-state index in [1.54, 1.807) is 37.3 Å². The zero-order valence-corrected chi connectivity index (χ0v) is 19.3. The van der Waals surface area contributed by atoms with Crippen LogP contribution in [0.15, 0.2) is 66.7 Å². The average molecular weight is 473 g/mol. The molecule has 2 N–H and O–H groups in total. The van der Waals surface area contributed by atoms with Crippen LogP contribution in [-0.2, 0) is 19.9 Å². The van der Waals surface area contributed by atoms with E-state index in [0.717, 1.165) is 15.7 Å². The van der Waals surface area contributed by atoms with Crippen molar-refractivity contribution in [2.45, 2.75) is 18.6 Å². The van der Waals surface area contributed by atoms with Crippen LogP contribution in [0.2, 0.25) is 0 Å². The number of carbonyl (C=O) groups is 4. The third-order valence-corrected chi connectivity index (χ3v) is 6.51. The minimum atomic E-state index is -1.31. The van der Waals surface area contributed by atoms with Gasteiger partial charge in [0.05, 0.1) is 12.2 Å². The van der Waals surface area contributed by atoms with Crippen molar-refractivity contribution in [3.8, 4) is 5.75 Å². The Morgan fingerprint density at radius 2 is 1.77 bits per heavy atom. The molecule has 0 spiro atoms. The van der Waals surface area contributed by atoms with E-state index < -0.39 is 36.0 Å². The molecule has 0 radical (unpaired) electrons. The summed E-state index contributed by atoms with van der Waals surface area (Å²) >= 11 is 0. The minimum absolute atomic E-state index is 0.0406. The first-order valence-electron chi connectivity index (χ1n) is 11.2. The summed E-state index contributed by atoms with van der Waals surface area (Å²) in [5.74, 6) is -1.02. The maximum atomic E-state index is 13.4. The van der Waals surface area contributed by atoms with Gasteiger partial charge in [-0.3, -0.25) is 19.3 Å². The normalized spacial score (nSPS) is 21.4. The summed E-state index contributed by atoms with van der Waals surface area (Å²) in [7, 11) is 1.49. The fourth-order valence-electron chi connectivity index (χ4n) is 4.53. The van der Waals surface area contributed by atoms with E-state index in [1.807, 2.05) is 36.4 Å². The van der Waals surface area contributed by atoms with E-state index in [1.165, 1.54) is 11.9 Å². The summed E-state index contributed by atoms with van der Waals surface area (Å²) in [5, 5.41) is 7.23. The number of carbonyl (C=O) groups excluding carboxylic acids is 4. The van der Waals surface area contributed by atoms with E-state index in [0.29, 0.717) is 17.0 Å². The Morgan fingerprint density at radius 1 is 1.06 bits per heavy atom. The van der Waals surface area contributed by atoms with Crippen molar-refractivity contribution in [3.63, 3.8) is 0 Å². The lowest BCUT2D eigenvalue weighted by atomic mass is 9.90. The Balaban J connectivity index is 1.41.